The quantitative estimate of drug-likeness (QED) is 0.572. The molecule has 0 radical (unpaired) electrons. The van der Waals surface area contributed by atoms with Crippen LogP contribution in [0, 0.1) is 12.7 Å². The number of piperidine rings is 1. The van der Waals surface area contributed by atoms with Crippen LogP contribution in [0.25, 0.3) is 11.3 Å². The minimum absolute atomic E-state index is 0.00589. The summed E-state index contributed by atoms with van der Waals surface area (Å²) < 4.78 is 17.5. The van der Waals surface area contributed by atoms with E-state index >= 15 is 4.39 Å². The Morgan fingerprint density at radius 3 is 2.92 bits per heavy atom. The Morgan fingerprint density at radius 2 is 2.08 bits per heavy atom. The average molecular weight is 487 g/mol. The predicted molar refractivity (Wildman–Crippen MR) is 138 cm³/mol. The van der Waals surface area contributed by atoms with Crippen molar-refractivity contribution >= 4 is 11.8 Å². The Hall–Kier alpha value is -3.26. The van der Waals surface area contributed by atoms with E-state index in [-0.39, 0.29) is 17.4 Å². The zero-order chi connectivity index (χ0) is 25.0. The summed E-state index contributed by atoms with van der Waals surface area (Å²) in [6, 6.07) is 8.09. The lowest BCUT2D eigenvalue weighted by Crippen LogP contribution is -2.53. The second-order valence-electron chi connectivity index (χ2n) is 10.8. The Kier molecular flexibility index (Phi) is 5.59. The summed E-state index contributed by atoms with van der Waals surface area (Å²) in [7, 11) is 0. The molecule has 6 rings (SSSR count). The number of nitrogens with one attached hydrogen (secondary N) is 1. The number of aryl methyl sites for hydroxylation is 1. The van der Waals surface area contributed by atoms with Gasteiger partial charge in [0.05, 0.1) is 6.20 Å². The lowest BCUT2D eigenvalue weighted by molar-refractivity contribution is 0.202. The van der Waals surface area contributed by atoms with Gasteiger partial charge in [-0.15, -0.1) is 0 Å². The first kappa shape index (κ1) is 23.2. The summed E-state index contributed by atoms with van der Waals surface area (Å²) in [4.78, 5) is 21.0. The third-order valence-corrected chi connectivity index (χ3v) is 7.85. The molecule has 5 heterocycles. The molecule has 1 N–H and O–H groups in total. The van der Waals surface area contributed by atoms with Crippen molar-refractivity contribution in [2.75, 3.05) is 18.4 Å². The smallest absolute Gasteiger partial charge is 0.247 e. The van der Waals surface area contributed by atoms with Crippen LogP contribution in [0.15, 0.2) is 35.5 Å². The zero-order valence-electron chi connectivity index (χ0n) is 21.5. The Bertz CT molecular complexity index is 1480. The Labute approximate surface area is 210 Å². The van der Waals surface area contributed by atoms with Gasteiger partial charge in [0.15, 0.2) is 11.4 Å². The van der Waals surface area contributed by atoms with Gasteiger partial charge in [0, 0.05) is 63.5 Å². The largest absolute Gasteiger partial charge is 0.309 e. The number of halogens is 1. The van der Waals surface area contributed by atoms with Crippen LogP contribution < -0.4 is 20.6 Å². The molecular formula is C28H33FN7+. The van der Waals surface area contributed by atoms with Crippen LogP contribution in [0.5, 0.6) is 0 Å². The molecule has 7 nitrogen and oxygen atoms in total. The SMILES string of the molecule is CCN1CCc2nc(Nc3ncc(F)c(-c4cc(C)c5c(c4)=[N+]4C(CCCC4(C)C)N=5)n3)ccc2C1. The monoisotopic (exact) mass is 486 g/mol. The number of rotatable bonds is 4. The second-order valence-corrected chi connectivity index (χ2v) is 10.8. The van der Waals surface area contributed by atoms with E-state index in [1.165, 1.54) is 18.2 Å². The van der Waals surface area contributed by atoms with E-state index in [1.807, 2.05) is 25.1 Å². The van der Waals surface area contributed by atoms with Crippen LogP contribution in [-0.2, 0) is 13.0 Å². The van der Waals surface area contributed by atoms with Crippen molar-refractivity contribution in [1.82, 2.24) is 24.4 Å². The van der Waals surface area contributed by atoms with Crippen molar-refractivity contribution in [3.8, 4) is 11.3 Å². The minimum atomic E-state index is -0.442. The molecule has 3 aromatic rings. The van der Waals surface area contributed by atoms with Gasteiger partial charge < -0.3 is 5.32 Å². The van der Waals surface area contributed by atoms with E-state index in [1.54, 1.807) is 0 Å². The fraction of sp³-hybridized carbons (Fsp3) is 0.464. The van der Waals surface area contributed by atoms with Crippen molar-refractivity contribution in [2.45, 2.75) is 71.6 Å². The van der Waals surface area contributed by atoms with Crippen LogP contribution in [0.2, 0.25) is 0 Å². The highest BCUT2D eigenvalue weighted by Crippen LogP contribution is 2.28. The second kappa shape index (κ2) is 8.69. The number of likely N-dealkylation sites (N-methyl/N-ethyl adjacent to an activating group) is 1. The Morgan fingerprint density at radius 1 is 1.22 bits per heavy atom. The molecule has 8 heteroatoms. The first-order valence-corrected chi connectivity index (χ1v) is 13.0. The van der Waals surface area contributed by atoms with Gasteiger partial charge >= 0.3 is 0 Å². The van der Waals surface area contributed by atoms with Crippen LogP contribution >= 0.6 is 0 Å². The molecule has 3 aliphatic heterocycles. The van der Waals surface area contributed by atoms with Gasteiger partial charge in [-0.25, -0.2) is 28.9 Å². The summed E-state index contributed by atoms with van der Waals surface area (Å²) in [6.07, 6.45) is 5.64. The molecule has 0 spiro atoms. The minimum Gasteiger partial charge on any atom is -0.309 e. The highest BCUT2D eigenvalue weighted by atomic mass is 19.1. The maximum absolute atomic E-state index is 15.0. The van der Waals surface area contributed by atoms with E-state index < -0.39 is 5.82 Å². The number of nitrogens with zero attached hydrogens (tertiary/aromatic N) is 6. The van der Waals surface area contributed by atoms with Gasteiger partial charge in [-0.2, -0.15) is 0 Å². The summed E-state index contributed by atoms with van der Waals surface area (Å²) in [5.41, 5.74) is 4.43. The van der Waals surface area contributed by atoms with Crippen molar-refractivity contribution < 1.29 is 4.39 Å². The number of hydrogen-bond donors (Lipinski definition) is 1. The lowest BCUT2D eigenvalue weighted by atomic mass is 9.90. The molecular weight excluding hydrogens is 453 g/mol. The van der Waals surface area contributed by atoms with Crippen LogP contribution in [-0.4, -0.2) is 44.6 Å². The fourth-order valence-corrected chi connectivity index (χ4v) is 5.94. The molecule has 36 heavy (non-hydrogen) atoms. The first-order valence-electron chi connectivity index (χ1n) is 13.0. The van der Waals surface area contributed by atoms with E-state index in [2.05, 4.69) is 51.6 Å². The van der Waals surface area contributed by atoms with Crippen LogP contribution in [0.1, 0.15) is 56.9 Å². The third kappa shape index (κ3) is 3.97. The standard InChI is InChI=1S/C28H33FN7/c1-5-35-12-10-21-18(16-35)8-9-23(31-21)32-27-30-15-20(29)26(34-27)19-13-17(2)25-22(14-19)36-24(33-25)7-6-11-28(36,3)4/h8-9,13-15,24H,5-7,10-12,16H2,1-4H3,(H,30,31,32,34)/q+1. The molecule has 0 saturated carbocycles. The number of pyridine rings is 1. The summed E-state index contributed by atoms with van der Waals surface area (Å²) >= 11 is 0. The predicted octanol–water partition coefficient (Wildman–Crippen LogP) is 3.52. The number of fused-ring (bicyclic) bond motifs is 3. The molecule has 1 aromatic carbocycles. The number of benzene rings is 1. The van der Waals surface area contributed by atoms with E-state index in [0.29, 0.717) is 11.8 Å². The van der Waals surface area contributed by atoms with Crippen LogP contribution in [0.4, 0.5) is 16.2 Å². The molecule has 1 unspecified atom stereocenters. The van der Waals surface area contributed by atoms with E-state index in [9.17, 15) is 0 Å². The van der Waals surface area contributed by atoms with Gasteiger partial charge in [0.1, 0.15) is 16.9 Å². The van der Waals surface area contributed by atoms with Crippen LogP contribution in [0.3, 0.4) is 0 Å². The highest BCUT2D eigenvalue weighted by Gasteiger charge is 2.43. The van der Waals surface area contributed by atoms with Gasteiger partial charge in [-0.3, -0.25) is 4.90 Å². The molecule has 1 atom stereocenters. The van der Waals surface area contributed by atoms with Crippen molar-refractivity contribution in [3.05, 3.63) is 63.8 Å². The molecule has 186 valence electrons. The third-order valence-electron chi connectivity index (χ3n) is 7.85. The van der Waals surface area contributed by atoms with E-state index in [0.717, 1.165) is 66.4 Å². The maximum Gasteiger partial charge on any atom is 0.247 e. The van der Waals surface area contributed by atoms with Gasteiger partial charge in [0.25, 0.3) is 0 Å². The van der Waals surface area contributed by atoms with Gasteiger partial charge in [-0.1, -0.05) is 13.0 Å². The van der Waals surface area contributed by atoms with Crippen molar-refractivity contribution in [1.29, 1.82) is 0 Å². The Balaban J connectivity index is 1.36. The first-order chi connectivity index (χ1) is 17.3. The van der Waals surface area contributed by atoms with Gasteiger partial charge in [0.2, 0.25) is 17.5 Å². The molecule has 3 aliphatic rings. The molecule has 2 aromatic heterocycles. The molecule has 1 saturated heterocycles. The normalized spacial score (nSPS) is 20.4. The van der Waals surface area contributed by atoms with Gasteiger partial charge in [-0.05, 0) is 43.1 Å². The summed E-state index contributed by atoms with van der Waals surface area (Å²) in [6.45, 7) is 11.7. The summed E-state index contributed by atoms with van der Waals surface area (Å²) in [5, 5.41) is 5.29. The number of hydrogen-bond acceptors (Lipinski definition) is 6. The highest BCUT2D eigenvalue weighted by molar-refractivity contribution is 5.63. The molecule has 1 fully saturated rings. The fourth-order valence-electron chi connectivity index (χ4n) is 5.94. The van der Waals surface area contributed by atoms with Crippen molar-refractivity contribution in [3.63, 3.8) is 0 Å². The lowest BCUT2D eigenvalue weighted by Gasteiger charge is -2.29. The zero-order valence-corrected chi connectivity index (χ0v) is 21.5. The van der Waals surface area contributed by atoms with E-state index in [4.69, 9.17) is 9.98 Å². The van der Waals surface area contributed by atoms with Crippen molar-refractivity contribution in [2.24, 2.45) is 4.99 Å². The molecule has 0 amide bonds. The summed E-state index contributed by atoms with van der Waals surface area (Å²) in [5.74, 6) is 0.573. The maximum atomic E-state index is 15.0. The number of anilines is 2. The topological polar surface area (TPSA) is 69.3 Å². The molecule has 0 bridgehead atoms. The number of aromatic nitrogens is 3. The molecule has 0 aliphatic carbocycles. The average Bonchev–Trinajstić information content (AvgIpc) is 3.25.